The molecule has 1 aromatic carbocycles. The van der Waals surface area contributed by atoms with Gasteiger partial charge in [0.25, 0.3) is 0 Å². The van der Waals surface area contributed by atoms with Crippen molar-refractivity contribution in [2.24, 2.45) is 5.73 Å². The van der Waals surface area contributed by atoms with Gasteiger partial charge < -0.3 is 20.5 Å². The first-order valence-electron chi connectivity index (χ1n) is 5.53. The van der Waals surface area contributed by atoms with Crippen molar-refractivity contribution in [2.75, 3.05) is 26.1 Å². The highest BCUT2D eigenvalue weighted by Crippen LogP contribution is 2.32. The zero-order valence-corrected chi connectivity index (χ0v) is 11.7. The summed E-state index contributed by atoms with van der Waals surface area (Å²) in [5.41, 5.74) is 5.36. The zero-order valence-electron chi connectivity index (χ0n) is 10.9. The third-order valence-electron chi connectivity index (χ3n) is 2.36. The highest BCUT2D eigenvalue weighted by atomic mass is 35.5. The second-order valence-corrected chi connectivity index (χ2v) is 3.63. The maximum atomic E-state index is 13.7. The Kier molecular flexibility index (Phi) is 7.86. The molecular formula is C12H18ClFN2O3. The van der Waals surface area contributed by atoms with E-state index in [2.05, 4.69) is 5.32 Å². The predicted molar refractivity (Wildman–Crippen MR) is 73.7 cm³/mol. The number of rotatable bonds is 6. The van der Waals surface area contributed by atoms with Gasteiger partial charge >= 0.3 is 0 Å². The lowest BCUT2D eigenvalue weighted by molar-refractivity contribution is -0.116. The summed E-state index contributed by atoms with van der Waals surface area (Å²) < 4.78 is 23.6. The fraction of sp³-hybridized carbons (Fsp3) is 0.417. The van der Waals surface area contributed by atoms with Crippen molar-refractivity contribution in [3.8, 4) is 11.5 Å². The molecule has 19 heavy (non-hydrogen) atoms. The molecule has 0 unspecified atom stereocenters. The van der Waals surface area contributed by atoms with Gasteiger partial charge in [0.2, 0.25) is 5.91 Å². The first-order valence-corrected chi connectivity index (χ1v) is 5.53. The van der Waals surface area contributed by atoms with E-state index in [1.165, 1.54) is 20.3 Å². The molecular weight excluding hydrogens is 275 g/mol. The fourth-order valence-electron chi connectivity index (χ4n) is 1.43. The molecule has 0 fully saturated rings. The third-order valence-corrected chi connectivity index (χ3v) is 2.36. The van der Waals surface area contributed by atoms with Crippen molar-refractivity contribution in [1.29, 1.82) is 0 Å². The molecule has 1 aromatic rings. The Morgan fingerprint density at radius 2 is 1.89 bits per heavy atom. The van der Waals surface area contributed by atoms with Crippen LogP contribution in [0.2, 0.25) is 0 Å². The quantitative estimate of drug-likeness (QED) is 0.840. The summed E-state index contributed by atoms with van der Waals surface area (Å²) in [5, 5.41) is 2.47. The molecule has 0 radical (unpaired) electrons. The SMILES string of the molecule is COc1cc(F)c(NC(=O)CCCN)cc1OC.Cl. The van der Waals surface area contributed by atoms with Crippen molar-refractivity contribution in [1.82, 2.24) is 0 Å². The number of hydrogen-bond acceptors (Lipinski definition) is 4. The third kappa shape index (κ3) is 4.92. The van der Waals surface area contributed by atoms with E-state index in [4.69, 9.17) is 15.2 Å². The number of halogens is 2. The summed E-state index contributed by atoms with van der Waals surface area (Å²) in [6.07, 6.45) is 0.811. The van der Waals surface area contributed by atoms with Crippen LogP contribution >= 0.6 is 12.4 Å². The number of benzene rings is 1. The Labute approximate surface area is 117 Å². The molecule has 0 aromatic heterocycles. The smallest absolute Gasteiger partial charge is 0.224 e. The van der Waals surface area contributed by atoms with Crippen LogP contribution < -0.4 is 20.5 Å². The lowest BCUT2D eigenvalue weighted by Gasteiger charge is -2.11. The second kappa shape index (κ2) is 8.55. The maximum absolute atomic E-state index is 13.7. The van der Waals surface area contributed by atoms with Crippen molar-refractivity contribution in [3.05, 3.63) is 17.9 Å². The molecule has 0 aliphatic rings. The Balaban J connectivity index is 0.00000324. The van der Waals surface area contributed by atoms with Gasteiger partial charge in [0, 0.05) is 18.6 Å². The monoisotopic (exact) mass is 292 g/mol. The normalized spacial score (nSPS) is 9.47. The Morgan fingerprint density at radius 3 is 2.42 bits per heavy atom. The molecule has 108 valence electrons. The summed E-state index contributed by atoms with van der Waals surface area (Å²) in [6, 6.07) is 2.55. The number of anilines is 1. The largest absolute Gasteiger partial charge is 0.493 e. The lowest BCUT2D eigenvalue weighted by Crippen LogP contribution is -2.14. The molecule has 0 aliphatic heterocycles. The number of carbonyl (C=O) groups is 1. The molecule has 0 saturated heterocycles. The van der Waals surface area contributed by atoms with Gasteiger partial charge in [-0.15, -0.1) is 12.4 Å². The van der Waals surface area contributed by atoms with E-state index in [1.807, 2.05) is 0 Å². The molecule has 0 saturated carbocycles. The first-order chi connectivity index (χ1) is 8.62. The van der Waals surface area contributed by atoms with Gasteiger partial charge in [-0.1, -0.05) is 0 Å². The van der Waals surface area contributed by atoms with Gasteiger partial charge in [-0.3, -0.25) is 4.79 Å². The molecule has 5 nitrogen and oxygen atoms in total. The number of ether oxygens (including phenoxy) is 2. The minimum atomic E-state index is -0.575. The van der Waals surface area contributed by atoms with Gasteiger partial charge in [0.15, 0.2) is 17.3 Å². The minimum absolute atomic E-state index is 0. The van der Waals surface area contributed by atoms with Crippen LogP contribution in [-0.4, -0.2) is 26.7 Å². The van der Waals surface area contributed by atoms with E-state index in [-0.39, 0.29) is 36.2 Å². The van der Waals surface area contributed by atoms with Crippen molar-refractivity contribution >= 4 is 24.0 Å². The number of hydrogen-bond donors (Lipinski definition) is 2. The van der Waals surface area contributed by atoms with Crippen molar-refractivity contribution in [3.63, 3.8) is 0 Å². The van der Waals surface area contributed by atoms with Crippen molar-refractivity contribution in [2.45, 2.75) is 12.8 Å². The van der Waals surface area contributed by atoms with E-state index < -0.39 is 5.82 Å². The Hall–Kier alpha value is -1.53. The Morgan fingerprint density at radius 1 is 1.32 bits per heavy atom. The summed E-state index contributed by atoms with van der Waals surface area (Å²) in [4.78, 5) is 11.5. The van der Waals surface area contributed by atoms with Crippen LogP contribution in [0.25, 0.3) is 0 Å². The standard InChI is InChI=1S/C12H17FN2O3.ClH/c1-17-10-6-8(13)9(7-11(10)18-2)15-12(16)4-3-5-14;/h6-7H,3-5,14H2,1-2H3,(H,15,16);1H. The van der Waals surface area contributed by atoms with E-state index >= 15 is 0 Å². The summed E-state index contributed by atoms with van der Waals surface area (Å²) in [5.74, 6) is -0.233. The summed E-state index contributed by atoms with van der Waals surface area (Å²) in [6.45, 7) is 0.418. The van der Waals surface area contributed by atoms with Gasteiger partial charge in [-0.2, -0.15) is 0 Å². The Bertz CT molecular complexity index is 430. The topological polar surface area (TPSA) is 73.6 Å². The summed E-state index contributed by atoms with van der Waals surface area (Å²) in [7, 11) is 2.85. The molecule has 0 aliphatic carbocycles. The van der Waals surface area contributed by atoms with E-state index in [9.17, 15) is 9.18 Å². The molecule has 0 heterocycles. The van der Waals surface area contributed by atoms with E-state index in [1.54, 1.807) is 0 Å². The van der Waals surface area contributed by atoms with E-state index in [0.717, 1.165) is 6.07 Å². The molecule has 0 spiro atoms. The van der Waals surface area contributed by atoms with Crippen LogP contribution in [0.4, 0.5) is 10.1 Å². The number of carbonyl (C=O) groups excluding carboxylic acids is 1. The predicted octanol–water partition coefficient (Wildman–Crippen LogP) is 1.94. The van der Waals surface area contributed by atoms with Crippen LogP contribution in [-0.2, 0) is 4.79 Å². The maximum Gasteiger partial charge on any atom is 0.224 e. The second-order valence-electron chi connectivity index (χ2n) is 3.63. The minimum Gasteiger partial charge on any atom is -0.493 e. The number of nitrogens with one attached hydrogen (secondary N) is 1. The molecule has 3 N–H and O–H groups in total. The van der Waals surface area contributed by atoms with Crippen LogP contribution in [0, 0.1) is 5.82 Å². The van der Waals surface area contributed by atoms with Crippen LogP contribution in [0.3, 0.4) is 0 Å². The first kappa shape index (κ1) is 17.5. The van der Waals surface area contributed by atoms with Crippen molar-refractivity contribution < 1.29 is 18.7 Å². The molecule has 1 amide bonds. The lowest BCUT2D eigenvalue weighted by atomic mass is 10.2. The number of methoxy groups -OCH3 is 2. The highest BCUT2D eigenvalue weighted by molar-refractivity contribution is 5.91. The van der Waals surface area contributed by atoms with Gasteiger partial charge in [-0.05, 0) is 13.0 Å². The molecule has 7 heteroatoms. The fourth-order valence-corrected chi connectivity index (χ4v) is 1.43. The zero-order chi connectivity index (χ0) is 13.5. The van der Waals surface area contributed by atoms with E-state index in [0.29, 0.717) is 18.7 Å². The molecule has 0 atom stereocenters. The average molecular weight is 293 g/mol. The van der Waals surface area contributed by atoms with Gasteiger partial charge in [-0.25, -0.2) is 4.39 Å². The highest BCUT2D eigenvalue weighted by Gasteiger charge is 2.12. The van der Waals surface area contributed by atoms with Crippen LogP contribution in [0.1, 0.15) is 12.8 Å². The number of amides is 1. The molecule has 0 bridgehead atoms. The average Bonchev–Trinajstić information content (AvgIpc) is 2.38. The van der Waals surface area contributed by atoms with Crippen LogP contribution in [0.5, 0.6) is 11.5 Å². The van der Waals surface area contributed by atoms with Gasteiger partial charge in [0.1, 0.15) is 0 Å². The molecule has 1 rings (SSSR count). The van der Waals surface area contributed by atoms with Gasteiger partial charge in [0.05, 0.1) is 19.9 Å². The number of nitrogens with two attached hydrogens (primary N) is 1. The van der Waals surface area contributed by atoms with Crippen LogP contribution in [0.15, 0.2) is 12.1 Å². The summed E-state index contributed by atoms with van der Waals surface area (Å²) >= 11 is 0.